The van der Waals surface area contributed by atoms with Gasteiger partial charge in [-0.25, -0.2) is 4.68 Å². The number of aliphatic hydroxyl groups is 2. The van der Waals surface area contributed by atoms with Crippen LogP contribution in [-0.2, 0) is 6.18 Å². The van der Waals surface area contributed by atoms with Crippen molar-refractivity contribution in [2.24, 2.45) is 0 Å². The third-order valence-electron chi connectivity index (χ3n) is 5.64. The molecule has 1 heterocycles. The van der Waals surface area contributed by atoms with E-state index in [1.165, 1.54) is 17.9 Å². The van der Waals surface area contributed by atoms with E-state index in [1.54, 1.807) is 42.6 Å². The van der Waals surface area contributed by atoms with E-state index in [0.29, 0.717) is 38.7 Å². The molecule has 4 rings (SSSR count). The fourth-order valence-electron chi connectivity index (χ4n) is 3.71. The second-order valence-corrected chi connectivity index (χ2v) is 9.36. The summed E-state index contributed by atoms with van der Waals surface area (Å²) in [5.41, 5.74) is -0.120. The lowest BCUT2D eigenvalue weighted by atomic mass is 10.1. The molecule has 3 aromatic carbocycles. The van der Waals surface area contributed by atoms with Gasteiger partial charge in [0.25, 0.3) is 5.91 Å². The molecule has 40 heavy (non-hydrogen) atoms. The van der Waals surface area contributed by atoms with Crippen molar-refractivity contribution >= 4 is 29.1 Å². The summed E-state index contributed by atoms with van der Waals surface area (Å²) in [6.45, 7) is -0.147. The summed E-state index contributed by atoms with van der Waals surface area (Å²) in [7, 11) is 1.50. The molecule has 8 nitrogen and oxygen atoms in total. The molecule has 0 saturated heterocycles. The maximum atomic E-state index is 14.1. The van der Waals surface area contributed by atoms with Gasteiger partial charge in [0.05, 0.1) is 23.9 Å². The highest BCUT2D eigenvalue weighted by Crippen LogP contribution is 2.41. The number of benzene rings is 3. The normalized spacial score (nSPS) is 11.5. The minimum atomic E-state index is -4.88. The standard InChI is InChI=1S/C27H22Cl2F3N3O5/c1-39-20-5-2-15(3-6-20)21-14-35(19-12-17(28)11-18(29)13-19)34-26(21)40-23-7-4-16(10-22(23)27(30,31)32)25(38)33-9-8-24(36)37/h2-7,10-14,24,36-37H,8-9H2,1H3,(H,33,38). The van der Waals surface area contributed by atoms with E-state index in [9.17, 15) is 18.0 Å². The van der Waals surface area contributed by atoms with Gasteiger partial charge in [-0.05, 0) is 54.1 Å². The average molecular weight is 596 g/mol. The zero-order valence-electron chi connectivity index (χ0n) is 20.7. The van der Waals surface area contributed by atoms with Crippen LogP contribution in [0.3, 0.4) is 0 Å². The summed E-state index contributed by atoms with van der Waals surface area (Å²) in [4.78, 5) is 12.4. The van der Waals surface area contributed by atoms with Gasteiger partial charge in [-0.3, -0.25) is 4.79 Å². The molecule has 3 N–H and O–H groups in total. The van der Waals surface area contributed by atoms with Crippen LogP contribution in [-0.4, -0.2) is 45.8 Å². The number of hydrogen-bond acceptors (Lipinski definition) is 6. The number of carbonyl (C=O) groups excluding carboxylic acids is 1. The molecule has 1 aromatic heterocycles. The molecule has 0 aliphatic heterocycles. The van der Waals surface area contributed by atoms with Gasteiger partial charge >= 0.3 is 6.18 Å². The molecule has 210 valence electrons. The highest BCUT2D eigenvalue weighted by atomic mass is 35.5. The number of nitrogens with zero attached hydrogens (tertiary/aromatic N) is 2. The van der Waals surface area contributed by atoms with E-state index in [2.05, 4.69) is 10.4 Å². The molecule has 0 saturated carbocycles. The molecular weight excluding hydrogens is 574 g/mol. The lowest BCUT2D eigenvalue weighted by Crippen LogP contribution is -2.27. The first kappa shape index (κ1) is 29.2. The van der Waals surface area contributed by atoms with E-state index in [1.807, 2.05) is 0 Å². The first-order chi connectivity index (χ1) is 18.9. The summed E-state index contributed by atoms with van der Waals surface area (Å²) in [5.74, 6) is -0.986. The predicted molar refractivity (Wildman–Crippen MR) is 142 cm³/mol. The summed E-state index contributed by atoms with van der Waals surface area (Å²) in [6.07, 6.45) is -5.17. The minimum absolute atomic E-state index is 0.147. The number of rotatable bonds is 9. The van der Waals surface area contributed by atoms with Crippen molar-refractivity contribution in [1.29, 1.82) is 0 Å². The van der Waals surface area contributed by atoms with Crippen LogP contribution in [0, 0.1) is 0 Å². The van der Waals surface area contributed by atoms with Crippen LogP contribution in [0.15, 0.2) is 66.9 Å². The van der Waals surface area contributed by atoms with Crippen molar-refractivity contribution in [2.75, 3.05) is 13.7 Å². The first-order valence-corrected chi connectivity index (χ1v) is 12.4. The number of aliphatic hydroxyl groups excluding tert-OH is 1. The highest BCUT2D eigenvalue weighted by molar-refractivity contribution is 6.34. The lowest BCUT2D eigenvalue weighted by molar-refractivity contribution is -0.138. The Morgan fingerprint density at radius 1 is 1.05 bits per heavy atom. The fourth-order valence-corrected chi connectivity index (χ4v) is 4.22. The van der Waals surface area contributed by atoms with E-state index in [0.717, 1.165) is 12.1 Å². The summed E-state index contributed by atoms with van der Waals surface area (Å²) >= 11 is 12.3. The molecule has 0 aliphatic rings. The Morgan fingerprint density at radius 3 is 2.33 bits per heavy atom. The molecule has 4 aromatic rings. The molecule has 0 fully saturated rings. The third-order valence-corrected chi connectivity index (χ3v) is 6.07. The van der Waals surface area contributed by atoms with Gasteiger partial charge in [-0.1, -0.05) is 35.3 Å². The van der Waals surface area contributed by atoms with Crippen LogP contribution in [0.4, 0.5) is 13.2 Å². The molecule has 0 aliphatic carbocycles. The average Bonchev–Trinajstić information content (AvgIpc) is 3.31. The molecule has 0 spiro atoms. The quantitative estimate of drug-likeness (QED) is 0.202. The molecule has 1 amide bonds. The molecular formula is C27H22Cl2F3N3O5. The smallest absolute Gasteiger partial charge is 0.420 e. The number of carbonyl (C=O) groups is 1. The van der Waals surface area contributed by atoms with Gasteiger partial charge in [-0.15, -0.1) is 5.10 Å². The maximum absolute atomic E-state index is 14.1. The van der Waals surface area contributed by atoms with Gasteiger partial charge in [-0.2, -0.15) is 13.2 Å². The SMILES string of the molecule is COc1ccc(-c2cn(-c3cc(Cl)cc(Cl)c3)nc2Oc2ccc(C(=O)NCCC(O)O)cc2C(F)(F)F)cc1. The molecule has 0 radical (unpaired) electrons. The van der Waals surface area contributed by atoms with E-state index >= 15 is 0 Å². The molecule has 0 unspecified atom stereocenters. The Kier molecular flexibility index (Phi) is 8.89. The second-order valence-electron chi connectivity index (χ2n) is 8.48. The number of ether oxygens (including phenoxy) is 2. The highest BCUT2D eigenvalue weighted by Gasteiger charge is 2.36. The van der Waals surface area contributed by atoms with Crippen molar-refractivity contribution in [1.82, 2.24) is 15.1 Å². The van der Waals surface area contributed by atoms with Crippen molar-refractivity contribution < 1.29 is 37.7 Å². The second kappa shape index (κ2) is 12.2. The largest absolute Gasteiger partial charge is 0.497 e. The van der Waals surface area contributed by atoms with E-state index in [-0.39, 0.29) is 24.4 Å². The number of nitrogens with one attached hydrogen (secondary N) is 1. The third kappa shape index (κ3) is 7.05. The summed E-state index contributed by atoms with van der Waals surface area (Å²) in [6, 6.07) is 14.3. The summed E-state index contributed by atoms with van der Waals surface area (Å²) < 4.78 is 54.5. The Hall–Kier alpha value is -3.77. The van der Waals surface area contributed by atoms with Crippen LogP contribution < -0.4 is 14.8 Å². The van der Waals surface area contributed by atoms with Gasteiger partial charge < -0.3 is 25.0 Å². The van der Waals surface area contributed by atoms with Gasteiger partial charge in [0.2, 0.25) is 5.88 Å². The Morgan fingerprint density at radius 2 is 1.73 bits per heavy atom. The van der Waals surface area contributed by atoms with Crippen molar-refractivity contribution in [3.05, 3.63) is 88.0 Å². The zero-order valence-corrected chi connectivity index (χ0v) is 22.3. The Balaban J connectivity index is 1.75. The van der Waals surface area contributed by atoms with Crippen LogP contribution in [0.1, 0.15) is 22.3 Å². The topological polar surface area (TPSA) is 106 Å². The number of alkyl halides is 3. The predicted octanol–water partition coefficient (Wildman–Crippen LogP) is 6.10. The number of methoxy groups -OCH3 is 1. The number of hydrogen-bond donors (Lipinski definition) is 3. The van der Waals surface area contributed by atoms with Crippen LogP contribution in [0.5, 0.6) is 17.4 Å². The van der Waals surface area contributed by atoms with Crippen LogP contribution >= 0.6 is 23.2 Å². The van der Waals surface area contributed by atoms with Crippen LogP contribution in [0.2, 0.25) is 10.0 Å². The Bertz CT molecular complexity index is 1490. The van der Waals surface area contributed by atoms with Crippen molar-refractivity contribution in [3.8, 4) is 34.2 Å². The van der Waals surface area contributed by atoms with Crippen molar-refractivity contribution in [3.63, 3.8) is 0 Å². The molecule has 0 atom stereocenters. The monoisotopic (exact) mass is 595 g/mol. The minimum Gasteiger partial charge on any atom is -0.497 e. The molecule has 0 bridgehead atoms. The number of aromatic nitrogens is 2. The van der Waals surface area contributed by atoms with Gasteiger partial charge in [0.15, 0.2) is 6.29 Å². The zero-order chi connectivity index (χ0) is 29.0. The van der Waals surface area contributed by atoms with Gasteiger partial charge in [0.1, 0.15) is 11.5 Å². The summed E-state index contributed by atoms with van der Waals surface area (Å²) in [5, 5.41) is 25.2. The lowest BCUT2D eigenvalue weighted by Gasteiger charge is -2.15. The maximum Gasteiger partial charge on any atom is 0.420 e. The fraction of sp³-hybridized carbons (Fsp3) is 0.185. The first-order valence-electron chi connectivity index (χ1n) is 11.7. The van der Waals surface area contributed by atoms with E-state index < -0.39 is 29.7 Å². The number of amides is 1. The molecule has 13 heteroatoms. The Labute approximate surface area is 236 Å². The van der Waals surface area contributed by atoms with E-state index in [4.69, 9.17) is 42.9 Å². The van der Waals surface area contributed by atoms with Gasteiger partial charge in [0, 0.05) is 34.8 Å². The number of halogens is 5. The van der Waals surface area contributed by atoms with Crippen molar-refractivity contribution in [2.45, 2.75) is 18.9 Å². The van der Waals surface area contributed by atoms with Crippen LogP contribution in [0.25, 0.3) is 16.8 Å².